The fourth-order valence-electron chi connectivity index (χ4n) is 2.27. The molecule has 0 amide bonds. The van der Waals surface area contributed by atoms with Gasteiger partial charge >= 0.3 is 5.97 Å². The van der Waals surface area contributed by atoms with E-state index in [1.54, 1.807) is 0 Å². The minimum absolute atomic E-state index is 0.0689. The SMILES string of the molecule is CCCc1cc2oc(C(CC(=O)O)C(O)=S)nc2cc1[N+](=O)[O-]. The average Bonchev–Trinajstić information content (AvgIpc) is 2.86. The molecule has 0 spiro atoms. The van der Waals surface area contributed by atoms with Gasteiger partial charge in [-0.25, -0.2) is 4.98 Å². The molecule has 0 saturated carbocycles. The molecule has 1 aromatic heterocycles. The van der Waals surface area contributed by atoms with Gasteiger partial charge < -0.3 is 14.6 Å². The van der Waals surface area contributed by atoms with Gasteiger partial charge in [0.25, 0.3) is 5.69 Å². The van der Waals surface area contributed by atoms with Crippen LogP contribution in [0.1, 0.15) is 37.1 Å². The third-order valence-corrected chi connectivity index (χ3v) is 3.58. The number of rotatable bonds is 7. The number of aliphatic carboxylic acids is 1. The van der Waals surface area contributed by atoms with Crippen molar-refractivity contribution >= 4 is 40.0 Å². The van der Waals surface area contributed by atoms with Gasteiger partial charge in [0.1, 0.15) is 11.4 Å². The van der Waals surface area contributed by atoms with Crippen LogP contribution in [-0.2, 0) is 11.2 Å². The Morgan fingerprint density at radius 3 is 2.70 bits per heavy atom. The van der Waals surface area contributed by atoms with Crippen LogP contribution in [0.25, 0.3) is 11.1 Å². The Kier molecular flexibility index (Phi) is 4.89. The molecule has 2 rings (SSSR count). The van der Waals surface area contributed by atoms with Crippen molar-refractivity contribution in [3.8, 4) is 0 Å². The van der Waals surface area contributed by atoms with Gasteiger partial charge in [0.2, 0.25) is 5.89 Å². The van der Waals surface area contributed by atoms with Crippen molar-refractivity contribution in [2.45, 2.75) is 32.1 Å². The maximum atomic E-state index is 11.1. The van der Waals surface area contributed by atoms with Crippen LogP contribution in [0.5, 0.6) is 0 Å². The van der Waals surface area contributed by atoms with E-state index in [0.29, 0.717) is 17.6 Å². The van der Waals surface area contributed by atoms with Crippen LogP contribution < -0.4 is 0 Å². The number of hydrogen-bond donors (Lipinski definition) is 2. The first-order chi connectivity index (χ1) is 10.8. The van der Waals surface area contributed by atoms with Crippen molar-refractivity contribution < 1.29 is 24.3 Å². The van der Waals surface area contributed by atoms with Crippen molar-refractivity contribution in [1.82, 2.24) is 4.98 Å². The van der Waals surface area contributed by atoms with E-state index in [0.717, 1.165) is 6.42 Å². The van der Waals surface area contributed by atoms with Gasteiger partial charge in [0, 0.05) is 11.6 Å². The summed E-state index contributed by atoms with van der Waals surface area (Å²) in [6, 6.07) is 2.80. The van der Waals surface area contributed by atoms with Crippen LogP contribution in [0.4, 0.5) is 5.69 Å². The quantitative estimate of drug-likeness (QED) is 0.448. The summed E-state index contributed by atoms with van der Waals surface area (Å²) in [5.41, 5.74) is 0.952. The number of thiocarbonyl (C=S) groups is 1. The Hall–Kier alpha value is -2.55. The van der Waals surface area contributed by atoms with Crippen molar-refractivity contribution in [2.24, 2.45) is 0 Å². The van der Waals surface area contributed by atoms with Crippen LogP contribution in [-0.4, -0.2) is 31.1 Å². The molecular weight excluding hydrogens is 324 g/mol. The molecule has 8 nitrogen and oxygen atoms in total. The number of carboxylic acids is 1. The molecule has 2 aromatic rings. The number of nitro groups is 1. The van der Waals surface area contributed by atoms with Gasteiger partial charge in [-0.3, -0.25) is 14.9 Å². The zero-order valence-corrected chi connectivity index (χ0v) is 13.0. The standard InChI is InChI=1S/C14H14N2O6S/c1-2-3-7-4-11-9(6-10(7)16(20)21)15-13(22-11)8(14(19)23)5-12(17)18/h4,6,8H,2-3,5H2,1H3,(H,17,18)(H,19,23). The number of nitrogens with zero attached hydrogens (tertiary/aromatic N) is 2. The monoisotopic (exact) mass is 338 g/mol. The molecule has 1 aromatic carbocycles. The van der Waals surface area contributed by atoms with Crippen LogP contribution in [0, 0.1) is 10.1 Å². The Labute approximate surface area is 135 Å². The van der Waals surface area contributed by atoms with E-state index in [-0.39, 0.29) is 17.1 Å². The maximum Gasteiger partial charge on any atom is 0.304 e. The lowest BCUT2D eigenvalue weighted by Crippen LogP contribution is -2.14. The van der Waals surface area contributed by atoms with E-state index in [1.807, 2.05) is 6.92 Å². The fraction of sp³-hybridized carbons (Fsp3) is 0.357. The number of aliphatic hydroxyl groups is 1. The Bertz CT molecular complexity index is 785. The highest BCUT2D eigenvalue weighted by molar-refractivity contribution is 7.80. The minimum Gasteiger partial charge on any atom is -0.501 e. The molecule has 1 unspecified atom stereocenters. The molecule has 122 valence electrons. The second kappa shape index (κ2) is 6.69. The van der Waals surface area contributed by atoms with E-state index in [2.05, 4.69) is 17.2 Å². The summed E-state index contributed by atoms with van der Waals surface area (Å²) in [5.74, 6) is -2.33. The molecule has 2 N–H and O–H groups in total. The summed E-state index contributed by atoms with van der Waals surface area (Å²) in [6.45, 7) is 1.90. The average molecular weight is 338 g/mol. The minimum atomic E-state index is -1.17. The summed E-state index contributed by atoms with van der Waals surface area (Å²) in [5, 5.41) is 28.9. The summed E-state index contributed by atoms with van der Waals surface area (Å²) in [7, 11) is 0. The van der Waals surface area contributed by atoms with Crippen LogP contribution in [0.15, 0.2) is 16.5 Å². The highest BCUT2D eigenvalue weighted by Gasteiger charge is 2.27. The predicted molar refractivity (Wildman–Crippen MR) is 84.9 cm³/mol. The molecule has 0 bridgehead atoms. The number of carbonyl (C=O) groups is 1. The number of carboxylic acid groups (broad SMARTS) is 1. The van der Waals surface area contributed by atoms with Crippen LogP contribution in [0.2, 0.25) is 0 Å². The lowest BCUT2D eigenvalue weighted by atomic mass is 10.1. The first kappa shape index (κ1) is 16.8. The molecule has 0 aliphatic rings. The third-order valence-electron chi connectivity index (χ3n) is 3.30. The number of benzene rings is 1. The van der Waals surface area contributed by atoms with Crippen molar-refractivity contribution in [3.05, 3.63) is 33.7 Å². The van der Waals surface area contributed by atoms with Gasteiger partial charge in [-0.15, -0.1) is 0 Å². The van der Waals surface area contributed by atoms with Crippen molar-refractivity contribution in [1.29, 1.82) is 0 Å². The Balaban J connectivity index is 2.54. The topological polar surface area (TPSA) is 127 Å². The summed E-state index contributed by atoms with van der Waals surface area (Å²) in [4.78, 5) is 25.6. The summed E-state index contributed by atoms with van der Waals surface area (Å²) in [6.07, 6.45) is 0.737. The second-order valence-electron chi connectivity index (χ2n) is 5.00. The smallest absolute Gasteiger partial charge is 0.304 e. The highest BCUT2D eigenvalue weighted by atomic mass is 32.1. The van der Waals surface area contributed by atoms with Gasteiger partial charge in [-0.2, -0.15) is 0 Å². The molecule has 0 saturated heterocycles. The summed E-state index contributed by atoms with van der Waals surface area (Å²) >= 11 is 4.64. The van der Waals surface area contributed by atoms with E-state index in [9.17, 15) is 20.0 Å². The number of hydrogen-bond acceptors (Lipinski definition) is 6. The van der Waals surface area contributed by atoms with Gasteiger partial charge in [-0.1, -0.05) is 13.3 Å². The first-order valence-electron chi connectivity index (χ1n) is 6.85. The van der Waals surface area contributed by atoms with Crippen molar-refractivity contribution in [2.75, 3.05) is 0 Å². The number of oxazole rings is 1. The Morgan fingerprint density at radius 1 is 1.48 bits per heavy atom. The van der Waals surface area contributed by atoms with E-state index >= 15 is 0 Å². The molecule has 23 heavy (non-hydrogen) atoms. The lowest BCUT2D eigenvalue weighted by molar-refractivity contribution is -0.385. The Morgan fingerprint density at radius 2 is 2.17 bits per heavy atom. The third kappa shape index (κ3) is 3.62. The molecule has 0 fully saturated rings. The molecule has 1 atom stereocenters. The molecule has 0 aliphatic carbocycles. The normalized spacial score (nSPS) is 12.2. The van der Waals surface area contributed by atoms with Gasteiger partial charge in [-0.05, 0) is 24.7 Å². The molecule has 1 heterocycles. The van der Waals surface area contributed by atoms with Crippen molar-refractivity contribution in [3.63, 3.8) is 0 Å². The van der Waals surface area contributed by atoms with E-state index in [4.69, 9.17) is 9.52 Å². The van der Waals surface area contributed by atoms with Crippen LogP contribution in [0.3, 0.4) is 0 Å². The number of aromatic nitrogens is 1. The molecule has 0 radical (unpaired) electrons. The zero-order valence-electron chi connectivity index (χ0n) is 12.2. The van der Waals surface area contributed by atoms with Crippen LogP contribution >= 0.6 is 12.2 Å². The molecular formula is C14H14N2O6S. The number of fused-ring (bicyclic) bond motifs is 1. The number of aryl methyl sites for hydroxylation is 1. The highest BCUT2D eigenvalue weighted by Crippen LogP contribution is 2.30. The predicted octanol–water partition coefficient (Wildman–Crippen LogP) is 3.13. The number of nitro benzene ring substituents is 1. The number of aliphatic hydroxyl groups excluding tert-OH is 1. The largest absolute Gasteiger partial charge is 0.501 e. The molecule has 9 heteroatoms. The lowest BCUT2D eigenvalue weighted by Gasteiger charge is -2.06. The zero-order chi connectivity index (χ0) is 17.1. The fourth-order valence-corrected chi connectivity index (χ4v) is 2.45. The summed E-state index contributed by atoms with van der Waals surface area (Å²) < 4.78 is 5.47. The van der Waals surface area contributed by atoms with Gasteiger partial charge in [0.15, 0.2) is 10.6 Å². The second-order valence-corrected chi connectivity index (χ2v) is 5.41. The van der Waals surface area contributed by atoms with Gasteiger partial charge in [0.05, 0.1) is 11.3 Å². The van der Waals surface area contributed by atoms with E-state index in [1.165, 1.54) is 12.1 Å². The van der Waals surface area contributed by atoms with E-state index < -0.39 is 28.3 Å². The molecule has 0 aliphatic heterocycles. The first-order valence-corrected chi connectivity index (χ1v) is 7.26. The maximum absolute atomic E-state index is 11.1.